The molecule has 0 aromatic carbocycles. The third kappa shape index (κ3) is 6.15. The number of carboxylic acids is 1. The third-order valence-electron chi connectivity index (χ3n) is 3.03. The lowest BCUT2D eigenvalue weighted by Gasteiger charge is -2.24. The van der Waals surface area contributed by atoms with Crippen LogP contribution in [0.15, 0.2) is 10.6 Å². The van der Waals surface area contributed by atoms with E-state index in [0.29, 0.717) is 11.5 Å². The van der Waals surface area contributed by atoms with Crippen LogP contribution in [0.4, 0.5) is 0 Å². The quantitative estimate of drug-likeness (QED) is 0.790. The van der Waals surface area contributed by atoms with E-state index in [-0.39, 0.29) is 24.0 Å². The number of sulfonamides is 1. The Kier molecular flexibility index (Phi) is 5.40. The van der Waals surface area contributed by atoms with Crippen molar-refractivity contribution in [2.45, 2.75) is 64.2 Å². The summed E-state index contributed by atoms with van der Waals surface area (Å²) in [6.07, 6.45) is 0.0985. The highest BCUT2D eigenvalue weighted by atomic mass is 32.2. The number of aromatic nitrogens is 1. The van der Waals surface area contributed by atoms with Crippen LogP contribution in [0.5, 0.6) is 0 Å². The van der Waals surface area contributed by atoms with Crippen molar-refractivity contribution in [3.63, 3.8) is 0 Å². The van der Waals surface area contributed by atoms with Gasteiger partial charge >= 0.3 is 5.97 Å². The molecule has 22 heavy (non-hydrogen) atoms. The van der Waals surface area contributed by atoms with Crippen LogP contribution in [0.3, 0.4) is 0 Å². The Bertz CT molecular complexity index is 626. The minimum Gasteiger partial charge on any atom is -0.481 e. The molecule has 0 unspecified atom stereocenters. The highest BCUT2D eigenvalue weighted by Gasteiger charge is 2.27. The van der Waals surface area contributed by atoms with Crippen LogP contribution in [-0.2, 0) is 26.0 Å². The summed E-state index contributed by atoms with van der Waals surface area (Å²) >= 11 is 0. The Hall–Kier alpha value is -1.41. The average Bonchev–Trinajstić information content (AvgIpc) is 2.72. The van der Waals surface area contributed by atoms with E-state index in [4.69, 9.17) is 9.63 Å². The van der Waals surface area contributed by atoms with Gasteiger partial charge in [0.05, 0.1) is 0 Å². The summed E-state index contributed by atoms with van der Waals surface area (Å²) in [6.45, 7) is 9.13. The first-order chi connectivity index (χ1) is 9.81. The minimum atomic E-state index is -3.64. The number of hydrogen-bond donors (Lipinski definition) is 2. The summed E-state index contributed by atoms with van der Waals surface area (Å²) in [5, 5.41) is 12.5. The molecule has 0 bridgehead atoms. The Balaban J connectivity index is 2.75. The molecule has 0 aliphatic carbocycles. The maximum atomic E-state index is 12.2. The van der Waals surface area contributed by atoms with Gasteiger partial charge < -0.3 is 9.63 Å². The number of rotatable bonds is 7. The normalized spacial score (nSPS) is 13.3. The zero-order valence-electron chi connectivity index (χ0n) is 13.6. The van der Waals surface area contributed by atoms with Crippen molar-refractivity contribution in [3.8, 4) is 0 Å². The lowest BCUT2D eigenvalue weighted by atomic mass is 9.93. The molecule has 0 amide bonds. The van der Waals surface area contributed by atoms with Gasteiger partial charge in [0.2, 0.25) is 10.0 Å². The van der Waals surface area contributed by atoms with Crippen molar-refractivity contribution in [2.75, 3.05) is 0 Å². The van der Waals surface area contributed by atoms with Gasteiger partial charge in [-0.25, -0.2) is 13.1 Å². The van der Waals surface area contributed by atoms with Crippen molar-refractivity contribution in [2.24, 2.45) is 0 Å². The zero-order valence-corrected chi connectivity index (χ0v) is 14.5. The predicted octanol–water partition coefficient (Wildman–Crippen LogP) is 2.03. The van der Waals surface area contributed by atoms with Crippen molar-refractivity contribution in [1.82, 2.24) is 9.88 Å². The second-order valence-electron chi connectivity index (χ2n) is 7.07. The van der Waals surface area contributed by atoms with Gasteiger partial charge in [-0.2, -0.15) is 0 Å². The predicted molar refractivity (Wildman–Crippen MR) is 81.9 cm³/mol. The molecule has 0 aliphatic heterocycles. The van der Waals surface area contributed by atoms with Crippen molar-refractivity contribution >= 4 is 16.0 Å². The molecule has 0 aliphatic rings. The molecule has 0 atom stereocenters. The highest BCUT2D eigenvalue weighted by Crippen LogP contribution is 2.23. The van der Waals surface area contributed by atoms with E-state index in [1.165, 1.54) is 0 Å². The van der Waals surface area contributed by atoms with Crippen molar-refractivity contribution in [1.29, 1.82) is 0 Å². The largest absolute Gasteiger partial charge is 0.481 e. The molecule has 1 aromatic heterocycles. The van der Waals surface area contributed by atoms with E-state index in [1.807, 2.05) is 20.8 Å². The fourth-order valence-corrected chi connectivity index (χ4v) is 3.40. The zero-order chi connectivity index (χ0) is 17.2. The Morgan fingerprint density at radius 2 is 1.91 bits per heavy atom. The lowest BCUT2D eigenvalue weighted by molar-refractivity contribution is -0.137. The number of nitrogens with zero attached hydrogens (tertiary/aromatic N) is 1. The molecular formula is C14H24N2O5S. The summed E-state index contributed by atoms with van der Waals surface area (Å²) < 4.78 is 32.0. The van der Waals surface area contributed by atoms with Crippen molar-refractivity contribution < 1.29 is 22.8 Å². The maximum Gasteiger partial charge on any atom is 0.303 e. The number of carbonyl (C=O) groups is 1. The summed E-state index contributed by atoms with van der Waals surface area (Å²) in [5.41, 5.74) is -0.761. The fraction of sp³-hybridized carbons (Fsp3) is 0.714. The maximum absolute atomic E-state index is 12.2. The fourth-order valence-electron chi connectivity index (χ4n) is 1.86. The molecular weight excluding hydrogens is 308 g/mol. The first-order valence-corrected chi connectivity index (χ1v) is 8.65. The Morgan fingerprint density at radius 1 is 1.32 bits per heavy atom. The molecule has 0 spiro atoms. The Labute approximate surface area is 131 Å². The topological polar surface area (TPSA) is 110 Å². The van der Waals surface area contributed by atoms with Gasteiger partial charge in [-0.15, -0.1) is 0 Å². The average molecular weight is 332 g/mol. The van der Waals surface area contributed by atoms with Gasteiger partial charge in [0.1, 0.15) is 17.2 Å². The lowest BCUT2D eigenvalue weighted by Crippen LogP contribution is -2.44. The summed E-state index contributed by atoms with van der Waals surface area (Å²) in [7, 11) is -3.64. The van der Waals surface area contributed by atoms with Gasteiger partial charge in [-0.1, -0.05) is 25.9 Å². The van der Waals surface area contributed by atoms with E-state index >= 15 is 0 Å². The SMILES string of the molecule is CC(C)(CCC(=O)O)NS(=O)(=O)Cc1cc(C(C)(C)C)on1. The van der Waals surface area contributed by atoms with Crippen LogP contribution in [0, 0.1) is 0 Å². The molecule has 2 N–H and O–H groups in total. The third-order valence-corrected chi connectivity index (χ3v) is 4.57. The number of nitrogens with one attached hydrogen (secondary N) is 1. The summed E-state index contributed by atoms with van der Waals surface area (Å²) in [4.78, 5) is 10.6. The summed E-state index contributed by atoms with van der Waals surface area (Å²) in [6, 6.07) is 1.63. The van der Waals surface area contributed by atoms with Gasteiger partial charge in [-0.05, 0) is 20.3 Å². The van der Waals surface area contributed by atoms with E-state index in [9.17, 15) is 13.2 Å². The second-order valence-corrected chi connectivity index (χ2v) is 8.79. The molecule has 7 nitrogen and oxygen atoms in total. The number of carboxylic acid groups (broad SMARTS) is 1. The van der Waals surface area contributed by atoms with Gasteiger partial charge in [-0.3, -0.25) is 4.79 Å². The molecule has 8 heteroatoms. The Morgan fingerprint density at radius 3 is 2.36 bits per heavy atom. The second kappa shape index (κ2) is 6.37. The first-order valence-electron chi connectivity index (χ1n) is 7.00. The molecule has 0 fully saturated rings. The summed E-state index contributed by atoms with van der Waals surface area (Å²) in [5.74, 6) is -0.648. The van der Waals surface area contributed by atoms with E-state index in [0.717, 1.165) is 0 Å². The minimum absolute atomic E-state index is 0.104. The van der Waals surface area contributed by atoms with Crippen LogP contribution in [-0.4, -0.2) is 30.2 Å². The molecule has 0 saturated heterocycles. The molecule has 1 rings (SSSR count). The first kappa shape index (κ1) is 18.6. The van der Waals surface area contributed by atoms with E-state index < -0.39 is 21.5 Å². The highest BCUT2D eigenvalue weighted by molar-refractivity contribution is 7.88. The molecule has 0 radical (unpaired) electrons. The molecule has 1 aromatic rings. The molecule has 1 heterocycles. The van der Waals surface area contributed by atoms with E-state index in [1.54, 1.807) is 19.9 Å². The van der Waals surface area contributed by atoms with Crippen LogP contribution in [0.25, 0.3) is 0 Å². The number of aliphatic carboxylic acids is 1. The number of hydrogen-bond acceptors (Lipinski definition) is 5. The van der Waals surface area contributed by atoms with Crippen LogP contribution in [0.2, 0.25) is 0 Å². The van der Waals surface area contributed by atoms with Gasteiger partial charge in [0.15, 0.2) is 0 Å². The van der Waals surface area contributed by atoms with Gasteiger partial charge in [0, 0.05) is 23.4 Å². The standard InChI is InChI=1S/C14H24N2O5S/c1-13(2,3)11-8-10(15-21-11)9-22(19,20)16-14(4,5)7-6-12(17)18/h8,16H,6-7,9H2,1-5H3,(H,17,18). The van der Waals surface area contributed by atoms with Gasteiger partial charge in [0.25, 0.3) is 0 Å². The smallest absolute Gasteiger partial charge is 0.303 e. The van der Waals surface area contributed by atoms with Crippen molar-refractivity contribution in [3.05, 3.63) is 17.5 Å². The monoisotopic (exact) mass is 332 g/mol. The van der Waals surface area contributed by atoms with Crippen LogP contribution >= 0.6 is 0 Å². The van der Waals surface area contributed by atoms with Crippen LogP contribution in [0.1, 0.15) is 58.9 Å². The molecule has 0 saturated carbocycles. The van der Waals surface area contributed by atoms with Crippen LogP contribution < -0.4 is 4.72 Å². The van der Waals surface area contributed by atoms with E-state index in [2.05, 4.69) is 9.88 Å². The molecule has 126 valence electrons.